The number of nitrogens with one attached hydrogen (secondary N) is 1. The van der Waals surface area contributed by atoms with E-state index >= 15 is 0 Å². The Bertz CT molecular complexity index is 240. The summed E-state index contributed by atoms with van der Waals surface area (Å²) < 4.78 is 0. The summed E-state index contributed by atoms with van der Waals surface area (Å²) in [5, 5.41) is 3.31. The van der Waals surface area contributed by atoms with Gasteiger partial charge in [-0.3, -0.25) is 4.79 Å². The molecule has 0 saturated carbocycles. The molecule has 1 rings (SSSR count). The van der Waals surface area contributed by atoms with E-state index in [0.717, 1.165) is 19.6 Å². The molecule has 0 bridgehead atoms. The summed E-state index contributed by atoms with van der Waals surface area (Å²) >= 11 is 0. The van der Waals surface area contributed by atoms with Crippen molar-refractivity contribution in [2.75, 3.05) is 19.6 Å². The number of nitrogens with two attached hydrogens (primary N) is 1. The second-order valence-corrected chi connectivity index (χ2v) is 5.48. The Morgan fingerprint density at radius 1 is 1.50 bits per heavy atom. The van der Waals surface area contributed by atoms with Crippen LogP contribution in [0.3, 0.4) is 0 Å². The van der Waals surface area contributed by atoms with E-state index in [4.69, 9.17) is 5.73 Å². The van der Waals surface area contributed by atoms with Gasteiger partial charge >= 0.3 is 0 Å². The summed E-state index contributed by atoms with van der Waals surface area (Å²) in [5.74, 6) is 0.0795. The normalized spacial score (nSPS) is 23.6. The molecule has 0 radical (unpaired) electrons. The van der Waals surface area contributed by atoms with Crippen molar-refractivity contribution in [1.82, 2.24) is 10.2 Å². The number of hydrogen-bond donors (Lipinski definition) is 2. The van der Waals surface area contributed by atoms with Gasteiger partial charge in [-0.05, 0) is 12.3 Å². The van der Waals surface area contributed by atoms with E-state index in [0.29, 0.717) is 6.04 Å². The SMILES string of the molecule is CC1CN(C(=O)[C@@H](N)C(C)(C)C)CCN1.Cl. The third kappa shape index (κ3) is 3.92. The Kier molecular flexibility index (Phi) is 5.73. The molecule has 2 atom stereocenters. The summed E-state index contributed by atoms with van der Waals surface area (Å²) in [6, 6.07) is -0.0299. The minimum absolute atomic E-state index is 0. The number of amides is 1. The minimum atomic E-state index is -0.400. The van der Waals surface area contributed by atoms with Gasteiger partial charge in [0.15, 0.2) is 0 Å². The maximum absolute atomic E-state index is 12.1. The van der Waals surface area contributed by atoms with Crippen molar-refractivity contribution in [2.24, 2.45) is 11.1 Å². The van der Waals surface area contributed by atoms with Gasteiger partial charge in [0.1, 0.15) is 0 Å². The van der Waals surface area contributed by atoms with Crippen LogP contribution in [0.5, 0.6) is 0 Å². The Hall–Kier alpha value is -0.320. The van der Waals surface area contributed by atoms with E-state index in [9.17, 15) is 4.79 Å². The van der Waals surface area contributed by atoms with E-state index in [-0.39, 0.29) is 23.7 Å². The average molecular weight is 250 g/mol. The molecule has 1 aliphatic rings. The van der Waals surface area contributed by atoms with Crippen LogP contribution in [0.15, 0.2) is 0 Å². The van der Waals surface area contributed by atoms with Gasteiger partial charge < -0.3 is 16.0 Å². The summed E-state index contributed by atoms with van der Waals surface area (Å²) in [4.78, 5) is 13.9. The Morgan fingerprint density at radius 3 is 2.50 bits per heavy atom. The zero-order chi connectivity index (χ0) is 11.6. The summed E-state index contributed by atoms with van der Waals surface area (Å²) in [7, 11) is 0. The largest absolute Gasteiger partial charge is 0.339 e. The zero-order valence-corrected chi connectivity index (χ0v) is 11.4. The zero-order valence-electron chi connectivity index (χ0n) is 10.6. The van der Waals surface area contributed by atoms with Crippen LogP contribution in [0.4, 0.5) is 0 Å². The van der Waals surface area contributed by atoms with Gasteiger partial charge in [0.05, 0.1) is 6.04 Å². The van der Waals surface area contributed by atoms with Gasteiger partial charge in [-0.15, -0.1) is 12.4 Å². The second kappa shape index (κ2) is 5.84. The number of carbonyl (C=O) groups excluding carboxylic acids is 1. The van der Waals surface area contributed by atoms with Crippen LogP contribution >= 0.6 is 12.4 Å². The topological polar surface area (TPSA) is 58.4 Å². The van der Waals surface area contributed by atoms with E-state index in [2.05, 4.69) is 12.2 Å². The van der Waals surface area contributed by atoms with Crippen LogP contribution in [-0.4, -0.2) is 42.5 Å². The molecule has 0 aromatic rings. The van der Waals surface area contributed by atoms with Gasteiger partial charge in [0, 0.05) is 25.7 Å². The molecular weight excluding hydrogens is 226 g/mol. The van der Waals surface area contributed by atoms with Crippen molar-refractivity contribution in [3.63, 3.8) is 0 Å². The first-order valence-corrected chi connectivity index (χ1v) is 5.60. The molecule has 0 aromatic carbocycles. The fourth-order valence-electron chi connectivity index (χ4n) is 1.70. The standard InChI is InChI=1S/C11H23N3O.ClH/c1-8-7-14(6-5-13-8)10(15)9(12)11(2,3)4;/h8-9,13H,5-7,12H2,1-4H3;1H/t8?,9-;/m1./s1. The van der Waals surface area contributed by atoms with Crippen molar-refractivity contribution >= 4 is 18.3 Å². The lowest BCUT2D eigenvalue weighted by molar-refractivity contribution is -0.136. The number of hydrogen-bond acceptors (Lipinski definition) is 3. The molecule has 3 N–H and O–H groups in total. The molecule has 1 aliphatic heterocycles. The molecular formula is C11H24ClN3O. The summed E-state index contributed by atoms with van der Waals surface area (Å²) in [6.45, 7) is 10.5. The van der Waals surface area contributed by atoms with E-state index < -0.39 is 6.04 Å². The Morgan fingerprint density at radius 2 is 2.06 bits per heavy atom. The first-order chi connectivity index (χ1) is 6.82. The highest BCUT2D eigenvalue weighted by Crippen LogP contribution is 2.19. The average Bonchev–Trinajstić information content (AvgIpc) is 2.14. The highest BCUT2D eigenvalue weighted by molar-refractivity contribution is 5.85. The van der Waals surface area contributed by atoms with Crippen LogP contribution < -0.4 is 11.1 Å². The van der Waals surface area contributed by atoms with Gasteiger partial charge in [0.2, 0.25) is 5.91 Å². The molecule has 96 valence electrons. The van der Waals surface area contributed by atoms with Crippen LogP contribution in [0.25, 0.3) is 0 Å². The molecule has 0 spiro atoms. The molecule has 5 heteroatoms. The van der Waals surface area contributed by atoms with E-state index in [1.54, 1.807) is 0 Å². The number of carbonyl (C=O) groups is 1. The van der Waals surface area contributed by atoms with Crippen LogP contribution in [0.2, 0.25) is 0 Å². The maximum atomic E-state index is 12.1. The van der Waals surface area contributed by atoms with E-state index in [1.807, 2.05) is 25.7 Å². The monoisotopic (exact) mass is 249 g/mol. The first-order valence-electron chi connectivity index (χ1n) is 5.60. The Balaban J connectivity index is 0.00000225. The van der Waals surface area contributed by atoms with Gasteiger partial charge in [0.25, 0.3) is 0 Å². The van der Waals surface area contributed by atoms with Crippen molar-refractivity contribution in [1.29, 1.82) is 0 Å². The third-order valence-corrected chi connectivity index (χ3v) is 2.88. The minimum Gasteiger partial charge on any atom is -0.339 e. The fraction of sp³-hybridized carbons (Fsp3) is 0.909. The van der Waals surface area contributed by atoms with Gasteiger partial charge in [-0.2, -0.15) is 0 Å². The van der Waals surface area contributed by atoms with Crippen molar-refractivity contribution in [3.8, 4) is 0 Å². The highest BCUT2D eigenvalue weighted by Gasteiger charge is 2.32. The van der Waals surface area contributed by atoms with Crippen molar-refractivity contribution in [3.05, 3.63) is 0 Å². The molecule has 1 unspecified atom stereocenters. The van der Waals surface area contributed by atoms with Crippen molar-refractivity contribution < 1.29 is 4.79 Å². The molecule has 4 nitrogen and oxygen atoms in total. The van der Waals surface area contributed by atoms with Gasteiger partial charge in [-0.1, -0.05) is 20.8 Å². The molecule has 0 aromatic heterocycles. The lowest BCUT2D eigenvalue weighted by Crippen LogP contribution is -2.57. The molecule has 1 saturated heterocycles. The van der Waals surface area contributed by atoms with Crippen molar-refractivity contribution in [2.45, 2.75) is 39.8 Å². The lowest BCUT2D eigenvalue weighted by atomic mass is 9.86. The van der Waals surface area contributed by atoms with E-state index in [1.165, 1.54) is 0 Å². The summed E-state index contributed by atoms with van der Waals surface area (Å²) in [5.41, 5.74) is 5.80. The predicted molar refractivity (Wildman–Crippen MR) is 68.7 cm³/mol. The number of halogens is 1. The van der Waals surface area contributed by atoms with Crippen LogP contribution in [0.1, 0.15) is 27.7 Å². The maximum Gasteiger partial charge on any atom is 0.240 e. The number of nitrogens with zero attached hydrogens (tertiary/aromatic N) is 1. The molecule has 1 amide bonds. The third-order valence-electron chi connectivity index (χ3n) is 2.88. The predicted octanol–water partition coefficient (Wildman–Crippen LogP) is 0.602. The fourth-order valence-corrected chi connectivity index (χ4v) is 1.70. The summed E-state index contributed by atoms with van der Waals surface area (Å²) in [6.07, 6.45) is 0. The highest BCUT2D eigenvalue weighted by atomic mass is 35.5. The lowest BCUT2D eigenvalue weighted by Gasteiger charge is -2.36. The van der Waals surface area contributed by atoms with Crippen LogP contribution in [-0.2, 0) is 4.79 Å². The van der Waals surface area contributed by atoms with Gasteiger partial charge in [-0.25, -0.2) is 0 Å². The first kappa shape index (κ1) is 15.7. The molecule has 0 aliphatic carbocycles. The quantitative estimate of drug-likeness (QED) is 0.716. The number of piperazine rings is 1. The molecule has 16 heavy (non-hydrogen) atoms. The molecule has 1 heterocycles. The van der Waals surface area contributed by atoms with Crippen LogP contribution in [0, 0.1) is 5.41 Å². The smallest absolute Gasteiger partial charge is 0.240 e. The number of rotatable bonds is 1. The molecule has 1 fully saturated rings. The second-order valence-electron chi connectivity index (χ2n) is 5.48. The Labute approximate surface area is 104 Å².